The molecule has 35 heavy (non-hydrogen) atoms. The van der Waals surface area contributed by atoms with Gasteiger partial charge in [0.25, 0.3) is 0 Å². The average molecular weight is 500 g/mol. The van der Waals surface area contributed by atoms with Crippen molar-refractivity contribution in [3.8, 4) is 5.75 Å². The predicted octanol–water partition coefficient (Wildman–Crippen LogP) is 6.95. The minimum Gasteiger partial charge on any atom is -0.483 e. The van der Waals surface area contributed by atoms with E-state index in [1.165, 1.54) is 22.3 Å². The van der Waals surface area contributed by atoms with Gasteiger partial charge in [-0.1, -0.05) is 65.0 Å². The van der Waals surface area contributed by atoms with Crippen LogP contribution in [0.25, 0.3) is 0 Å². The Morgan fingerprint density at radius 1 is 0.943 bits per heavy atom. The van der Waals surface area contributed by atoms with Crippen molar-refractivity contribution in [1.82, 2.24) is 4.72 Å². The molecular weight excluding hydrogens is 454 g/mol. The van der Waals surface area contributed by atoms with E-state index in [1.807, 2.05) is 47.6 Å². The summed E-state index contributed by atoms with van der Waals surface area (Å²) >= 11 is 0. The molecule has 0 aliphatic rings. The van der Waals surface area contributed by atoms with Crippen LogP contribution in [-0.4, -0.2) is 21.3 Å². The van der Waals surface area contributed by atoms with Gasteiger partial charge < -0.3 is 4.74 Å². The first-order chi connectivity index (χ1) is 16.3. The van der Waals surface area contributed by atoms with Crippen LogP contribution in [0.15, 0.2) is 36.4 Å². The van der Waals surface area contributed by atoms with Crippen molar-refractivity contribution in [3.05, 3.63) is 64.2 Å². The fourth-order valence-corrected chi connectivity index (χ4v) is 5.30. The molecule has 0 aromatic heterocycles. The highest BCUT2D eigenvalue weighted by Gasteiger charge is 2.32. The fraction of sp³-hybridized carbons (Fsp3) is 0.567. The maximum atomic E-state index is 12.6. The summed E-state index contributed by atoms with van der Waals surface area (Å²) in [6.07, 6.45) is 1.45. The molecule has 0 spiro atoms. The van der Waals surface area contributed by atoms with E-state index in [4.69, 9.17) is 4.74 Å². The number of rotatable bonds is 11. The van der Waals surface area contributed by atoms with Gasteiger partial charge in [0.05, 0.1) is 11.0 Å². The molecule has 0 amide bonds. The number of hydrogen-bond acceptors (Lipinski definition) is 3. The predicted molar refractivity (Wildman–Crippen MR) is 148 cm³/mol. The van der Waals surface area contributed by atoms with Crippen LogP contribution < -0.4 is 9.46 Å². The quantitative estimate of drug-likeness (QED) is 0.364. The molecular formula is C30H45NO3S. The summed E-state index contributed by atoms with van der Waals surface area (Å²) in [5.74, 6) is 0.857. The normalized spacial score (nSPS) is 14.1. The molecule has 2 atom stereocenters. The van der Waals surface area contributed by atoms with Crippen molar-refractivity contribution >= 4 is 16.8 Å². The molecule has 0 bridgehead atoms. The minimum atomic E-state index is -1.04. The largest absolute Gasteiger partial charge is 0.483 e. The maximum Gasteiger partial charge on any atom is 0.178 e. The monoisotopic (exact) mass is 499 g/mol. The number of carbonyl (C=O) groups excluding carboxylic acids is 1. The number of ether oxygens (including phenoxy) is 1. The number of nitrogens with one attached hydrogen (secondary N) is 1. The third kappa shape index (κ3) is 6.83. The van der Waals surface area contributed by atoms with Gasteiger partial charge in [-0.05, 0) is 81.3 Å². The smallest absolute Gasteiger partial charge is 0.178 e. The first kappa shape index (κ1) is 29.3. The highest BCUT2D eigenvalue weighted by Crippen LogP contribution is 2.41. The van der Waals surface area contributed by atoms with Crippen molar-refractivity contribution in [2.75, 3.05) is 0 Å². The van der Waals surface area contributed by atoms with Gasteiger partial charge in [-0.15, -0.1) is 0 Å². The molecule has 0 radical (unpaired) electrons. The highest BCUT2D eigenvalue weighted by molar-refractivity contribution is 7.83. The molecule has 194 valence electrons. The van der Waals surface area contributed by atoms with Crippen LogP contribution in [0.3, 0.4) is 0 Å². The summed E-state index contributed by atoms with van der Waals surface area (Å²) in [5.41, 5.74) is 5.40. The van der Waals surface area contributed by atoms with E-state index in [0.29, 0.717) is 6.54 Å². The van der Waals surface area contributed by atoms with E-state index in [1.54, 1.807) is 0 Å². The SMILES string of the molecule is CCC(CC)(c1ccc(CNS(=O)C(C)C)c(C)c1)c1ccc(OC(C)C(=O)C(C)(C)C)c(C)c1. The van der Waals surface area contributed by atoms with Crippen LogP contribution >= 0.6 is 0 Å². The summed E-state index contributed by atoms with van der Waals surface area (Å²) < 4.78 is 21.3. The maximum absolute atomic E-state index is 12.6. The number of Topliss-reactive ketones (excluding diaryl/α,β-unsaturated/α-hetero) is 1. The van der Waals surface area contributed by atoms with Gasteiger partial charge in [-0.2, -0.15) is 0 Å². The molecule has 0 aliphatic carbocycles. The lowest BCUT2D eigenvalue weighted by atomic mass is 9.70. The number of aryl methyl sites for hydroxylation is 2. The molecule has 0 saturated heterocycles. The number of benzene rings is 2. The highest BCUT2D eigenvalue weighted by atomic mass is 32.2. The van der Waals surface area contributed by atoms with E-state index in [2.05, 4.69) is 62.7 Å². The molecule has 2 aromatic rings. The second kappa shape index (κ2) is 11.8. The fourth-order valence-electron chi connectivity index (χ4n) is 4.67. The van der Waals surface area contributed by atoms with Crippen molar-refractivity contribution in [1.29, 1.82) is 0 Å². The van der Waals surface area contributed by atoms with E-state index >= 15 is 0 Å². The zero-order chi connectivity index (χ0) is 26.6. The number of hydrogen-bond donors (Lipinski definition) is 1. The van der Waals surface area contributed by atoms with Gasteiger partial charge in [0.1, 0.15) is 5.75 Å². The summed E-state index contributed by atoms with van der Waals surface area (Å²) in [6.45, 7) is 20.8. The lowest BCUT2D eigenvalue weighted by Crippen LogP contribution is -2.34. The topological polar surface area (TPSA) is 55.4 Å². The van der Waals surface area contributed by atoms with Gasteiger partial charge in [0.2, 0.25) is 0 Å². The molecule has 5 heteroatoms. The molecule has 0 aliphatic heterocycles. The van der Waals surface area contributed by atoms with Crippen LogP contribution in [0.4, 0.5) is 0 Å². The molecule has 2 unspecified atom stereocenters. The summed E-state index contributed by atoms with van der Waals surface area (Å²) in [5, 5.41) is 0.0900. The van der Waals surface area contributed by atoms with Gasteiger partial charge >= 0.3 is 0 Å². The molecule has 2 aromatic carbocycles. The van der Waals surface area contributed by atoms with Gasteiger partial charge in [-0.3, -0.25) is 4.79 Å². The molecule has 0 fully saturated rings. The van der Waals surface area contributed by atoms with Crippen LogP contribution in [-0.2, 0) is 27.7 Å². The van der Waals surface area contributed by atoms with Crippen LogP contribution in [0.1, 0.15) is 96.0 Å². The third-order valence-electron chi connectivity index (χ3n) is 7.08. The van der Waals surface area contributed by atoms with E-state index in [0.717, 1.165) is 24.2 Å². The second-order valence-electron chi connectivity index (χ2n) is 11.0. The Labute approximate surface area is 215 Å². The van der Waals surface area contributed by atoms with Crippen LogP contribution in [0.2, 0.25) is 0 Å². The van der Waals surface area contributed by atoms with Crippen LogP contribution in [0.5, 0.6) is 5.75 Å². The molecule has 0 saturated carbocycles. The molecule has 0 heterocycles. The first-order valence-corrected chi connectivity index (χ1v) is 14.0. The van der Waals surface area contributed by atoms with E-state index < -0.39 is 22.5 Å². The molecule has 1 N–H and O–H groups in total. The zero-order valence-corrected chi connectivity index (χ0v) is 24.2. The summed E-state index contributed by atoms with van der Waals surface area (Å²) in [4.78, 5) is 12.6. The summed E-state index contributed by atoms with van der Waals surface area (Å²) in [6, 6.07) is 13.1. The zero-order valence-electron chi connectivity index (χ0n) is 23.4. The third-order valence-corrected chi connectivity index (χ3v) is 8.36. The number of carbonyl (C=O) groups is 1. The lowest BCUT2D eigenvalue weighted by molar-refractivity contribution is -0.132. The van der Waals surface area contributed by atoms with Crippen molar-refractivity contribution in [3.63, 3.8) is 0 Å². The van der Waals surface area contributed by atoms with Crippen molar-refractivity contribution < 1.29 is 13.7 Å². The second-order valence-corrected chi connectivity index (χ2v) is 12.8. The van der Waals surface area contributed by atoms with Crippen LogP contribution in [0, 0.1) is 19.3 Å². The molecule has 4 nitrogen and oxygen atoms in total. The number of ketones is 1. The van der Waals surface area contributed by atoms with E-state index in [9.17, 15) is 9.00 Å². The summed E-state index contributed by atoms with van der Waals surface area (Å²) in [7, 11) is -1.04. The molecule has 2 rings (SSSR count). The Morgan fingerprint density at radius 3 is 1.94 bits per heavy atom. The Morgan fingerprint density at radius 2 is 1.49 bits per heavy atom. The van der Waals surface area contributed by atoms with Crippen molar-refractivity contribution in [2.24, 2.45) is 5.41 Å². The van der Waals surface area contributed by atoms with Crippen molar-refractivity contribution in [2.45, 2.75) is 105 Å². The van der Waals surface area contributed by atoms with Gasteiger partial charge in [-0.25, -0.2) is 8.93 Å². The Kier molecular flexibility index (Phi) is 9.89. The van der Waals surface area contributed by atoms with E-state index in [-0.39, 0.29) is 16.4 Å². The minimum absolute atomic E-state index is 0.0900. The first-order valence-electron chi connectivity index (χ1n) is 12.8. The standard InChI is InChI=1S/C30H45NO3S/c1-11-30(12-2,25-14-13-24(21(5)17-25)19-31-35(33)20(3)4)26-15-16-27(22(6)18-26)34-23(7)28(32)29(8,9)10/h13-18,20,23,31H,11-12,19H2,1-10H3. The van der Waals surface area contributed by atoms with Gasteiger partial charge in [0, 0.05) is 22.6 Å². The Bertz CT molecular complexity index is 1050. The average Bonchev–Trinajstić information content (AvgIpc) is 2.79. The van der Waals surface area contributed by atoms with Gasteiger partial charge in [0.15, 0.2) is 11.9 Å². The Hall–Kier alpha value is -1.98. The lowest BCUT2D eigenvalue weighted by Gasteiger charge is -2.34. The Balaban J connectivity index is 2.35.